The molecule has 2 aromatic carbocycles. The van der Waals surface area contributed by atoms with Crippen molar-refractivity contribution in [3.8, 4) is 0 Å². The number of rotatable bonds is 6. The molecular weight excluding hydrogens is 367 g/mol. The molecule has 0 atom stereocenters. The first-order valence-corrected chi connectivity index (χ1v) is 8.17. The number of halogens is 4. The molecule has 1 amide bonds. The Labute approximate surface area is 157 Å². The van der Waals surface area contributed by atoms with Crippen LogP contribution in [0.1, 0.15) is 13.8 Å². The van der Waals surface area contributed by atoms with E-state index in [2.05, 4.69) is 0 Å². The molecule has 2 aromatic rings. The molecule has 0 aromatic heterocycles. The van der Waals surface area contributed by atoms with E-state index in [-0.39, 0.29) is 24.6 Å². The minimum Gasteiger partial charge on any atom is -0.398 e. The summed E-state index contributed by atoms with van der Waals surface area (Å²) in [5.74, 6) is -1.87. The van der Waals surface area contributed by atoms with Crippen LogP contribution in [-0.4, -0.2) is 43.2 Å². The number of nitrogens with zero attached hydrogens (tertiary/aromatic N) is 2. The summed E-state index contributed by atoms with van der Waals surface area (Å²) >= 11 is 0. The maximum atomic E-state index is 13.1. The molecule has 0 unspecified atom stereocenters. The Morgan fingerprint density at radius 1 is 1.00 bits per heavy atom. The van der Waals surface area contributed by atoms with Crippen LogP contribution in [0, 0.1) is 0 Å². The first-order chi connectivity index (χ1) is 11.8. The van der Waals surface area contributed by atoms with E-state index in [1.807, 2.05) is 18.7 Å². The fourth-order valence-electron chi connectivity index (χ4n) is 2.81. The summed E-state index contributed by atoms with van der Waals surface area (Å²) < 4.78 is 39.4. The molecule has 4 nitrogen and oxygen atoms in total. The number of hydrogen-bond acceptors (Lipinski definition) is 3. The first-order valence-electron chi connectivity index (χ1n) is 8.17. The second kappa shape index (κ2) is 9.09. The molecule has 0 fully saturated rings. The number of fused-ring (bicyclic) bond motifs is 1. The van der Waals surface area contributed by atoms with E-state index < -0.39 is 12.1 Å². The Hall–Kier alpha value is -1.99. The Balaban J connectivity index is 0.00000338. The van der Waals surface area contributed by atoms with E-state index in [0.29, 0.717) is 36.1 Å². The van der Waals surface area contributed by atoms with E-state index in [0.717, 1.165) is 4.90 Å². The van der Waals surface area contributed by atoms with Gasteiger partial charge >= 0.3 is 12.1 Å². The summed E-state index contributed by atoms with van der Waals surface area (Å²) in [6.45, 7) is 5.57. The minimum atomic E-state index is -4.94. The predicted octanol–water partition coefficient (Wildman–Crippen LogP) is 4.08. The molecule has 144 valence electrons. The minimum absolute atomic E-state index is 0. The summed E-state index contributed by atoms with van der Waals surface area (Å²) in [5, 5.41) is 1.16. The molecule has 0 aliphatic heterocycles. The third kappa shape index (κ3) is 4.80. The van der Waals surface area contributed by atoms with Crippen molar-refractivity contribution < 1.29 is 18.0 Å². The summed E-state index contributed by atoms with van der Waals surface area (Å²) in [6.07, 6.45) is -4.94. The van der Waals surface area contributed by atoms with Gasteiger partial charge in [0.1, 0.15) is 0 Å². The maximum Gasteiger partial charge on any atom is 0.471 e. The van der Waals surface area contributed by atoms with Crippen LogP contribution in [0.15, 0.2) is 36.4 Å². The second-order valence-electron chi connectivity index (χ2n) is 5.70. The summed E-state index contributed by atoms with van der Waals surface area (Å²) in [6, 6.07) is 9.89. The molecule has 0 aliphatic carbocycles. The maximum absolute atomic E-state index is 13.1. The number of anilines is 2. The highest BCUT2D eigenvalue weighted by molar-refractivity contribution is 6.08. The molecule has 26 heavy (non-hydrogen) atoms. The monoisotopic (exact) mass is 389 g/mol. The molecule has 0 saturated carbocycles. The predicted molar refractivity (Wildman–Crippen MR) is 102 cm³/mol. The van der Waals surface area contributed by atoms with Crippen molar-refractivity contribution in [3.05, 3.63) is 36.4 Å². The van der Waals surface area contributed by atoms with Gasteiger partial charge in [0, 0.05) is 29.5 Å². The molecule has 8 heteroatoms. The van der Waals surface area contributed by atoms with Crippen LogP contribution in [0.25, 0.3) is 10.8 Å². The van der Waals surface area contributed by atoms with Crippen molar-refractivity contribution >= 4 is 40.5 Å². The van der Waals surface area contributed by atoms with Gasteiger partial charge in [-0.2, -0.15) is 13.2 Å². The van der Waals surface area contributed by atoms with Crippen LogP contribution in [0.5, 0.6) is 0 Å². The topological polar surface area (TPSA) is 49.6 Å². The van der Waals surface area contributed by atoms with Crippen molar-refractivity contribution in [1.29, 1.82) is 0 Å². The SMILES string of the molecule is CCN(CC)CCN(C(=O)C(F)(F)F)c1ccc(N)c2ccccc12.Cl. The fraction of sp³-hybridized carbons (Fsp3) is 0.389. The zero-order valence-electron chi connectivity index (χ0n) is 14.7. The van der Waals surface area contributed by atoms with E-state index in [9.17, 15) is 18.0 Å². The smallest absolute Gasteiger partial charge is 0.398 e. The van der Waals surface area contributed by atoms with Gasteiger partial charge in [0.25, 0.3) is 0 Å². The molecule has 0 spiro atoms. The number of carbonyl (C=O) groups excluding carboxylic acids is 1. The number of hydrogen-bond donors (Lipinski definition) is 1. The number of alkyl halides is 3. The third-order valence-corrected chi connectivity index (χ3v) is 4.25. The average Bonchev–Trinajstić information content (AvgIpc) is 2.59. The Bertz CT molecular complexity index is 748. The van der Waals surface area contributed by atoms with Gasteiger partial charge in [0.05, 0.1) is 5.69 Å². The van der Waals surface area contributed by atoms with Gasteiger partial charge in [0.15, 0.2) is 0 Å². The normalized spacial score (nSPS) is 11.5. The molecule has 0 saturated heterocycles. The number of nitrogen functional groups attached to an aromatic ring is 1. The van der Waals surface area contributed by atoms with Gasteiger partial charge in [-0.05, 0) is 25.2 Å². The standard InChI is InChI=1S/C18H22F3N3O.ClH/c1-3-23(4-2)11-12-24(17(25)18(19,20)21)16-10-9-15(22)13-7-5-6-8-14(13)16;/h5-10H,3-4,11-12,22H2,1-2H3;1H. The van der Waals surface area contributed by atoms with Crippen molar-refractivity contribution in [2.24, 2.45) is 0 Å². The third-order valence-electron chi connectivity index (χ3n) is 4.25. The quantitative estimate of drug-likeness (QED) is 0.757. The highest BCUT2D eigenvalue weighted by Gasteiger charge is 2.43. The van der Waals surface area contributed by atoms with Crippen LogP contribution in [0.4, 0.5) is 24.5 Å². The Morgan fingerprint density at radius 2 is 1.58 bits per heavy atom. The molecule has 2 rings (SSSR count). The van der Waals surface area contributed by atoms with Gasteiger partial charge in [-0.3, -0.25) is 4.79 Å². The zero-order valence-corrected chi connectivity index (χ0v) is 15.5. The Kier molecular flexibility index (Phi) is 7.71. The largest absolute Gasteiger partial charge is 0.471 e. The molecule has 0 heterocycles. The highest BCUT2D eigenvalue weighted by atomic mass is 35.5. The summed E-state index contributed by atoms with van der Waals surface area (Å²) in [4.78, 5) is 14.8. The zero-order chi connectivity index (χ0) is 18.6. The fourth-order valence-corrected chi connectivity index (χ4v) is 2.81. The van der Waals surface area contributed by atoms with Gasteiger partial charge < -0.3 is 15.5 Å². The Morgan fingerprint density at radius 3 is 2.12 bits per heavy atom. The van der Waals surface area contributed by atoms with Crippen LogP contribution in [0.3, 0.4) is 0 Å². The van der Waals surface area contributed by atoms with Gasteiger partial charge in [0.2, 0.25) is 0 Å². The lowest BCUT2D eigenvalue weighted by atomic mass is 10.1. The van der Waals surface area contributed by atoms with Gasteiger partial charge in [-0.25, -0.2) is 0 Å². The van der Waals surface area contributed by atoms with E-state index in [4.69, 9.17) is 5.73 Å². The average molecular weight is 390 g/mol. The van der Waals surface area contributed by atoms with Gasteiger partial charge in [-0.15, -0.1) is 12.4 Å². The molecule has 0 radical (unpaired) electrons. The molecule has 0 bridgehead atoms. The first kappa shape index (κ1) is 22.1. The lowest BCUT2D eigenvalue weighted by molar-refractivity contribution is -0.170. The van der Waals surface area contributed by atoms with Crippen molar-refractivity contribution in [1.82, 2.24) is 4.90 Å². The van der Waals surface area contributed by atoms with E-state index >= 15 is 0 Å². The van der Waals surface area contributed by atoms with E-state index in [1.54, 1.807) is 24.3 Å². The van der Waals surface area contributed by atoms with Crippen LogP contribution >= 0.6 is 12.4 Å². The van der Waals surface area contributed by atoms with Crippen molar-refractivity contribution in [3.63, 3.8) is 0 Å². The van der Waals surface area contributed by atoms with Crippen molar-refractivity contribution in [2.75, 3.05) is 36.8 Å². The van der Waals surface area contributed by atoms with Crippen LogP contribution in [0.2, 0.25) is 0 Å². The number of nitrogens with two attached hydrogens (primary N) is 1. The van der Waals surface area contributed by atoms with Gasteiger partial charge in [-0.1, -0.05) is 38.1 Å². The molecule has 2 N–H and O–H groups in total. The van der Waals surface area contributed by atoms with Crippen LogP contribution < -0.4 is 10.6 Å². The summed E-state index contributed by atoms with van der Waals surface area (Å²) in [5.41, 5.74) is 6.60. The lowest BCUT2D eigenvalue weighted by Crippen LogP contribution is -2.45. The highest BCUT2D eigenvalue weighted by Crippen LogP contribution is 2.33. The summed E-state index contributed by atoms with van der Waals surface area (Å²) in [7, 11) is 0. The number of carbonyl (C=O) groups is 1. The number of benzene rings is 2. The van der Waals surface area contributed by atoms with E-state index in [1.165, 1.54) is 12.1 Å². The number of likely N-dealkylation sites (N-methyl/N-ethyl adjacent to an activating group) is 1. The lowest BCUT2D eigenvalue weighted by Gasteiger charge is -2.28. The van der Waals surface area contributed by atoms with Crippen molar-refractivity contribution in [2.45, 2.75) is 20.0 Å². The van der Waals surface area contributed by atoms with Crippen LogP contribution in [-0.2, 0) is 4.79 Å². The number of amides is 1. The molecule has 0 aliphatic rings. The second-order valence-corrected chi connectivity index (χ2v) is 5.70. The molecular formula is C18H23ClF3N3O.